The Morgan fingerprint density at radius 1 is 1.41 bits per heavy atom. The summed E-state index contributed by atoms with van der Waals surface area (Å²) in [5.41, 5.74) is 2.62. The summed E-state index contributed by atoms with van der Waals surface area (Å²) in [6, 6.07) is 7.83. The molecular weight excluding hydrogens is 238 g/mol. The number of para-hydroxylation sites is 1. The highest BCUT2D eigenvalue weighted by Gasteiger charge is 2.13. The van der Waals surface area contributed by atoms with Gasteiger partial charge >= 0.3 is 0 Å². The largest absolute Gasteiger partial charge is 0.321 e. The van der Waals surface area contributed by atoms with Gasteiger partial charge in [-0.3, -0.25) is 10.0 Å². The lowest BCUT2D eigenvalue weighted by molar-refractivity contribution is -0.129. The van der Waals surface area contributed by atoms with Crippen molar-refractivity contribution in [2.24, 2.45) is 0 Å². The van der Waals surface area contributed by atoms with Gasteiger partial charge in [0.1, 0.15) is 11.4 Å². The van der Waals surface area contributed by atoms with Crippen LogP contribution in [0.5, 0.6) is 0 Å². The van der Waals surface area contributed by atoms with E-state index < -0.39 is 5.91 Å². The molecule has 0 atom stereocenters. The summed E-state index contributed by atoms with van der Waals surface area (Å²) in [7, 11) is 0. The first-order valence-corrected chi connectivity index (χ1v) is 5.83. The van der Waals surface area contributed by atoms with Crippen LogP contribution in [0, 0.1) is 0 Å². The van der Waals surface area contributed by atoms with Gasteiger partial charge in [0.05, 0.1) is 11.7 Å². The molecule has 0 radical (unpaired) electrons. The minimum Gasteiger partial charge on any atom is -0.321 e. The van der Waals surface area contributed by atoms with Crippen molar-refractivity contribution in [2.45, 2.75) is 6.54 Å². The van der Waals surface area contributed by atoms with E-state index in [0.29, 0.717) is 0 Å². The van der Waals surface area contributed by atoms with E-state index in [4.69, 9.17) is 5.21 Å². The fourth-order valence-corrected chi connectivity index (χ4v) is 2.78. The van der Waals surface area contributed by atoms with Crippen LogP contribution in [-0.2, 0) is 11.3 Å². The molecule has 0 saturated heterocycles. The van der Waals surface area contributed by atoms with Gasteiger partial charge in [0, 0.05) is 10.8 Å². The fraction of sp³-hybridized carbons (Fsp3) is 0.0909. The second-order valence-corrected chi connectivity index (χ2v) is 4.46. The number of hydroxylamine groups is 1. The quantitative estimate of drug-likeness (QED) is 0.535. The van der Waals surface area contributed by atoms with Gasteiger partial charge in [0.15, 0.2) is 0 Å². The molecule has 0 bridgehead atoms. The molecule has 17 heavy (non-hydrogen) atoms. The molecule has 1 aromatic carbocycles. The van der Waals surface area contributed by atoms with Crippen LogP contribution in [-0.4, -0.2) is 20.1 Å². The van der Waals surface area contributed by atoms with Gasteiger partial charge in [-0.05, 0) is 17.6 Å². The Morgan fingerprint density at radius 2 is 2.24 bits per heavy atom. The van der Waals surface area contributed by atoms with Crippen LogP contribution in [0.15, 0.2) is 30.5 Å². The number of nitrogens with zero attached hydrogens (tertiary/aromatic N) is 2. The summed E-state index contributed by atoms with van der Waals surface area (Å²) < 4.78 is 5.99. The highest BCUT2D eigenvalue weighted by atomic mass is 32.1. The topological polar surface area (TPSA) is 67.2 Å². The molecule has 2 heterocycles. The zero-order chi connectivity index (χ0) is 11.8. The van der Waals surface area contributed by atoms with Gasteiger partial charge in [-0.15, -0.1) is 0 Å². The van der Waals surface area contributed by atoms with Crippen LogP contribution < -0.4 is 5.48 Å². The predicted molar refractivity (Wildman–Crippen MR) is 65.0 cm³/mol. The molecule has 0 saturated carbocycles. The number of fused-ring (bicyclic) bond motifs is 3. The van der Waals surface area contributed by atoms with E-state index in [-0.39, 0.29) is 6.54 Å². The molecule has 0 aliphatic heterocycles. The minimum absolute atomic E-state index is 0.0860. The van der Waals surface area contributed by atoms with Crippen LogP contribution in [0.25, 0.3) is 21.1 Å². The second-order valence-electron chi connectivity index (χ2n) is 3.68. The van der Waals surface area contributed by atoms with Crippen LogP contribution in [0.1, 0.15) is 0 Å². The van der Waals surface area contributed by atoms with Gasteiger partial charge < -0.3 is 4.57 Å². The van der Waals surface area contributed by atoms with Crippen molar-refractivity contribution in [3.05, 3.63) is 30.5 Å². The van der Waals surface area contributed by atoms with Gasteiger partial charge in [-0.2, -0.15) is 4.37 Å². The van der Waals surface area contributed by atoms with Gasteiger partial charge in [0.2, 0.25) is 0 Å². The number of benzene rings is 1. The number of carbonyl (C=O) groups excluding carboxylic acids is 1. The standard InChI is InChI=1S/C11H9N3O2S/c15-10(13-16)6-14-9-4-2-1-3-7(9)8-5-12-17-11(8)14/h1-5,16H,6H2,(H,13,15). The summed E-state index contributed by atoms with van der Waals surface area (Å²) in [5, 5.41) is 10.7. The van der Waals surface area contributed by atoms with Crippen LogP contribution >= 0.6 is 11.5 Å². The van der Waals surface area contributed by atoms with E-state index >= 15 is 0 Å². The van der Waals surface area contributed by atoms with Crippen molar-refractivity contribution in [1.82, 2.24) is 14.4 Å². The number of hydrogen-bond acceptors (Lipinski definition) is 4. The van der Waals surface area contributed by atoms with Crippen molar-refractivity contribution in [3.8, 4) is 0 Å². The third-order valence-corrected chi connectivity index (χ3v) is 3.53. The molecule has 0 spiro atoms. The molecule has 0 unspecified atom stereocenters. The number of rotatable bonds is 2. The molecule has 2 N–H and O–H groups in total. The van der Waals surface area contributed by atoms with E-state index in [2.05, 4.69) is 4.37 Å². The molecule has 2 aromatic heterocycles. The SMILES string of the molecule is O=C(Cn1c2ccccc2c2cnsc21)NO. The van der Waals surface area contributed by atoms with Gasteiger partial charge in [-0.1, -0.05) is 18.2 Å². The highest BCUT2D eigenvalue weighted by Crippen LogP contribution is 2.30. The van der Waals surface area contributed by atoms with Crippen LogP contribution in [0.3, 0.4) is 0 Å². The smallest absolute Gasteiger partial charge is 0.263 e. The Balaban J connectivity index is 2.30. The number of nitrogens with one attached hydrogen (secondary N) is 1. The lowest BCUT2D eigenvalue weighted by Gasteiger charge is -2.03. The zero-order valence-corrected chi connectivity index (χ0v) is 9.57. The molecule has 0 fully saturated rings. The Morgan fingerprint density at radius 3 is 3.06 bits per heavy atom. The normalized spacial score (nSPS) is 11.1. The first-order chi connectivity index (χ1) is 8.31. The van der Waals surface area contributed by atoms with Crippen molar-refractivity contribution in [3.63, 3.8) is 0 Å². The molecule has 6 heteroatoms. The Hall–Kier alpha value is -1.92. The average molecular weight is 247 g/mol. The second kappa shape index (κ2) is 3.83. The molecule has 3 rings (SSSR count). The molecular formula is C11H9N3O2S. The maximum absolute atomic E-state index is 11.3. The molecule has 86 valence electrons. The average Bonchev–Trinajstić information content (AvgIpc) is 2.93. The highest BCUT2D eigenvalue weighted by molar-refractivity contribution is 7.13. The molecule has 3 aromatic rings. The fourth-order valence-electron chi connectivity index (χ4n) is 1.99. The number of aromatic nitrogens is 2. The Labute approximate surface area is 100 Å². The summed E-state index contributed by atoms with van der Waals surface area (Å²) in [6.45, 7) is 0.0860. The third-order valence-electron chi connectivity index (χ3n) is 2.71. The molecule has 0 aliphatic rings. The van der Waals surface area contributed by atoms with Crippen LogP contribution in [0.4, 0.5) is 0 Å². The van der Waals surface area contributed by atoms with E-state index in [1.807, 2.05) is 28.8 Å². The van der Waals surface area contributed by atoms with Crippen molar-refractivity contribution >= 4 is 38.6 Å². The monoisotopic (exact) mass is 247 g/mol. The molecule has 1 amide bonds. The molecule has 5 nitrogen and oxygen atoms in total. The lowest BCUT2D eigenvalue weighted by atomic mass is 10.2. The first kappa shape index (κ1) is 10.2. The maximum atomic E-state index is 11.3. The summed E-state index contributed by atoms with van der Waals surface area (Å²) in [5.74, 6) is -0.443. The predicted octanol–water partition coefficient (Wildman–Crippen LogP) is 1.76. The van der Waals surface area contributed by atoms with Crippen molar-refractivity contribution < 1.29 is 10.0 Å². The van der Waals surface area contributed by atoms with Gasteiger partial charge in [0.25, 0.3) is 5.91 Å². The zero-order valence-electron chi connectivity index (χ0n) is 8.75. The Bertz CT molecular complexity index is 701. The van der Waals surface area contributed by atoms with E-state index in [9.17, 15) is 4.79 Å². The number of hydrogen-bond donors (Lipinski definition) is 2. The van der Waals surface area contributed by atoms with E-state index in [0.717, 1.165) is 21.1 Å². The number of carbonyl (C=O) groups is 1. The third kappa shape index (κ3) is 1.49. The molecule has 0 aliphatic carbocycles. The first-order valence-electron chi connectivity index (χ1n) is 5.06. The van der Waals surface area contributed by atoms with E-state index in [1.165, 1.54) is 11.5 Å². The number of amides is 1. The van der Waals surface area contributed by atoms with E-state index in [1.54, 1.807) is 11.7 Å². The summed E-state index contributed by atoms with van der Waals surface area (Å²) in [6.07, 6.45) is 1.80. The Kier molecular flexibility index (Phi) is 2.31. The van der Waals surface area contributed by atoms with Crippen molar-refractivity contribution in [1.29, 1.82) is 0 Å². The minimum atomic E-state index is -0.443. The summed E-state index contributed by atoms with van der Waals surface area (Å²) >= 11 is 1.34. The van der Waals surface area contributed by atoms with Crippen LogP contribution in [0.2, 0.25) is 0 Å². The maximum Gasteiger partial charge on any atom is 0.263 e. The summed E-state index contributed by atoms with van der Waals surface area (Å²) in [4.78, 5) is 12.2. The van der Waals surface area contributed by atoms with Crippen molar-refractivity contribution in [2.75, 3.05) is 0 Å². The lowest BCUT2D eigenvalue weighted by Crippen LogP contribution is -2.23. The van der Waals surface area contributed by atoms with Gasteiger partial charge in [-0.25, -0.2) is 5.48 Å².